The fourth-order valence-electron chi connectivity index (χ4n) is 3.69. The second kappa shape index (κ2) is 2.40. The number of hydrogen-bond acceptors (Lipinski definition) is 0. The van der Waals surface area contributed by atoms with Crippen molar-refractivity contribution in [3.05, 3.63) is 65.3 Å². The van der Waals surface area contributed by atoms with Crippen molar-refractivity contribution >= 4 is 6.08 Å². The number of benzene rings is 1. The third-order valence-corrected chi connectivity index (χ3v) is 4.62. The molecule has 4 rings (SSSR count). The van der Waals surface area contributed by atoms with Gasteiger partial charge in [0.2, 0.25) is 0 Å². The summed E-state index contributed by atoms with van der Waals surface area (Å²) in [5, 5.41) is 0. The highest BCUT2D eigenvalue weighted by Crippen LogP contribution is 2.73. The van der Waals surface area contributed by atoms with E-state index in [0.29, 0.717) is 5.41 Å². The number of fused-ring (bicyclic) bond motifs is 1. The highest BCUT2D eigenvalue weighted by atomic mass is 14.7. The van der Waals surface area contributed by atoms with Gasteiger partial charge in [0.25, 0.3) is 0 Å². The minimum Gasteiger partial charge on any atom is -0.0730 e. The van der Waals surface area contributed by atoms with Crippen LogP contribution in [0.5, 0.6) is 0 Å². The molecule has 16 heavy (non-hydrogen) atoms. The molecular formula is C16H14. The summed E-state index contributed by atoms with van der Waals surface area (Å²) in [5.41, 5.74) is 5.05. The van der Waals surface area contributed by atoms with Gasteiger partial charge in [-0.05, 0) is 24.5 Å². The van der Waals surface area contributed by atoms with Gasteiger partial charge in [-0.15, -0.1) is 0 Å². The van der Waals surface area contributed by atoms with Crippen molar-refractivity contribution in [3.63, 3.8) is 0 Å². The molecular weight excluding hydrogens is 192 g/mol. The van der Waals surface area contributed by atoms with E-state index in [1.807, 2.05) is 0 Å². The minimum absolute atomic E-state index is 0.289. The lowest BCUT2D eigenvalue weighted by Crippen LogP contribution is -2.22. The molecule has 0 heterocycles. The zero-order valence-electron chi connectivity index (χ0n) is 9.40. The Morgan fingerprint density at radius 2 is 1.75 bits per heavy atom. The van der Waals surface area contributed by atoms with Gasteiger partial charge >= 0.3 is 0 Å². The van der Waals surface area contributed by atoms with Crippen LogP contribution < -0.4 is 0 Å². The lowest BCUT2D eigenvalue weighted by molar-refractivity contribution is 0.650. The molecule has 1 aromatic carbocycles. The largest absolute Gasteiger partial charge is 0.0730 e. The van der Waals surface area contributed by atoms with Crippen molar-refractivity contribution in [1.29, 1.82) is 0 Å². The van der Waals surface area contributed by atoms with Crippen LogP contribution in [0.25, 0.3) is 6.08 Å². The lowest BCUT2D eigenvalue weighted by Gasteiger charge is -2.30. The quantitative estimate of drug-likeness (QED) is 0.604. The van der Waals surface area contributed by atoms with Crippen molar-refractivity contribution in [2.24, 2.45) is 5.41 Å². The topological polar surface area (TPSA) is 0 Å². The van der Waals surface area contributed by atoms with Crippen molar-refractivity contribution in [2.75, 3.05) is 0 Å². The normalized spacial score (nSPS) is 37.2. The van der Waals surface area contributed by atoms with E-state index in [2.05, 4.69) is 61.6 Å². The maximum Gasteiger partial charge on any atom is 0.0281 e. The van der Waals surface area contributed by atoms with Crippen LogP contribution in [0.1, 0.15) is 24.5 Å². The molecule has 0 radical (unpaired) electrons. The van der Waals surface area contributed by atoms with E-state index in [-0.39, 0.29) is 5.41 Å². The average molecular weight is 206 g/mol. The Kier molecular flexibility index (Phi) is 1.29. The Morgan fingerprint density at radius 3 is 2.62 bits per heavy atom. The molecule has 0 spiro atoms. The predicted molar refractivity (Wildman–Crippen MR) is 67.1 cm³/mol. The van der Waals surface area contributed by atoms with Gasteiger partial charge in [0.1, 0.15) is 0 Å². The molecule has 0 aliphatic heterocycles. The molecule has 0 amide bonds. The van der Waals surface area contributed by atoms with Crippen molar-refractivity contribution in [1.82, 2.24) is 0 Å². The fraction of sp³-hybridized carbons (Fsp3) is 0.250. The Morgan fingerprint density at radius 1 is 1.00 bits per heavy atom. The number of rotatable bonds is 0. The molecule has 0 nitrogen and oxygen atoms in total. The minimum atomic E-state index is 0.289. The summed E-state index contributed by atoms with van der Waals surface area (Å²) < 4.78 is 0. The van der Waals surface area contributed by atoms with Gasteiger partial charge in [0, 0.05) is 10.8 Å². The molecule has 1 aromatic rings. The third-order valence-electron chi connectivity index (χ3n) is 4.62. The smallest absolute Gasteiger partial charge is 0.0281 e. The highest BCUT2D eigenvalue weighted by molar-refractivity contribution is 5.73. The fourth-order valence-corrected chi connectivity index (χ4v) is 3.69. The standard InChI is InChI=1S/C16H14/c1-12-10-13-6-2-3-7-14(13)16-9-5-4-8-15(12,16)11-16/h2-10H,11H2,1H3. The summed E-state index contributed by atoms with van der Waals surface area (Å²) in [7, 11) is 0. The first kappa shape index (κ1) is 8.58. The van der Waals surface area contributed by atoms with E-state index in [1.54, 1.807) is 0 Å². The Hall–Kier alpha value is -1.56. The van der Waals surface area contributed by atoms with Crippen LogP contribution >= 0.6 is 0 Å². The molecule has 0 bridgehead atoms. The highest BCUT2D eigenvalue weighted by Gasteiger charge is 2.68. The summed E-state index contributed by atoms with van der Waals surface area (Å²) in [5.74, 6) is 0. The zero-order chi connectivity index (χ0) is 10.8. The maximum absolute atomic E-state index is 2.41. The molecule has 1 saturated carbocycles. The van der Waals surface area contributed by atoms with Crippen LogP contribution in [0.3, 0.4) is 0 Å². The van der Waals surface area contributed by atoms with Crippen LogP contribution in [-0.2, 0) is 5.41 Å². The number of allylic oxidation sites excluding steroid dienone is 5. The molecule has 0 saturated heterocycles. The molecule has 0 aromatic heterocycles. The second-order valence-corrected chi connectivity index (χ2v) is 5.25. The number of hydrogen-bond donors (Lipinski definition) is 0. The Bertz CT molecular complexity index is 573. The van der Waals surface area contributed by atoms with Crippen molar-refractivity contribution in [3.8, 4) is 0 Å². The van der Waals surface area contributed by atoms with Crippen LogP contribution in [0.4, 0.5) is 0 Å². The Labute approximate surface area is 96.0 Å². The summed E-state index contributed by atoms with van der Waals surface area (Å²) in [4.78, 5) is 0. The van der Waals surface area contributed by atoms with Gasteiger partial charge in [0.05, 0.1) is 0 Å². The Balaban J connectivity index is 2.07. The molecule has 0 heteroatoms. The van der Waals surface area contributed by atoms with Crippen molar-refractivity contribution < 1.29 is 0 Å². The van der Waals surface area contributed by atoms with Crippen LogP contribution in [0, 0.1) is 5.41 Å². The summed E-state index contributed by atoms with van der Waals surface area (Å²) in [6, 6.07) is 8.83. The van der Waals surface area contributed by atoms with E-state index in [4.69, 9.17) is 0 Å². The SMILES string of the molecule is CC1=Cc2ccccc2C23C=CC=CC12C3. The van der Waals surface area contributed by atoms with E-state index >= 15 is 0 Å². The third kappa shape index (κ3) is 0.723. The first-order valence-electron chi connectivity index (χ1n) is 5.94. The maximum atomic E-state index is 2.41. The van der Waals surface area contributed by atoms with Crippen LogP contribution in [0.15, 0.2) is 54.1 Å². The van der Waals surface area contributed by atoms with Crippen LogP contribution in [-0.4, -0.2) is 0 Å². The molecule has 1 fully saturated rings. The molecule has 0 N–H and O–H groups in total. The lowest BCUT2D eigenvalue weighted by atomic mass is 9.73. The first-order chi connectivity index (χ1) is 7.79. The molecule has 2 unspecified atom stereocenters. The summed E-state index contributed by atoms with van der Waals surface area (Å²) in [6.45, 7) is 2.28. The van der Waals surface area contributed by atoms with Gasteiger partial charge in [0.15, 0.2) is 0 Å². The zero-order valence-corrected chi connectivity index (χ0v) is 9.40. The second-order valence-electron chi connectivity index (χ2n) is 5.25. The van der Waals surface area contributed by atoms with E-state index in [1.165, 1.54) is 23.1 Å². The van der Waals surface area contributed by atoms with Gasteiger partial charge in [-0.1, -0.05) is 60.2 Å². The van der Waals surface area contributed by atoms with E-state index in [0.717, 1.165) is 0 Å². The van der Waals surface area contributed by atoms with E-state index in [9.17, 15) is 0 Å². The molecule has 78 valence electrons. The van der Waals surface area contributed by atoms with Gasteiger partial charge in [-0.3, -0.25) is 0 Å². The summed E-state index contributed by atoms with van der Waals surface area (Å²) >= 11 is 0. The average Bonchev–Trinajstić information content (AvgIpc) is 3.02. The van der Waals surface area contributed by atoms with Gasteiger partial charge in [-0.25, -0.2) is 0 Å². The molecule has 3 aliphatic rings. The van der Waals surface area contributed by atoms with Gasteiger partial charge < -0.3 is 0 Å². The van der Waals surface area contributed by atoms with Crippen molar-refractivity contribution in [2.45, 2.75) is 18.8 Å². The van der Waals surface area contributed by atoms with E-state index < -0.39 is 0 Å². The predicted octanol–water partition coefficient (Wildman–Crippen LogP) is 3.86. The molecule has 2 atom stereocenters. The monoisotopic (exact) mass is 206 g/mol. The van der Waals surface area contributed by atoms with Gasteiger partial charge in [-0.2, -0.15) is 0 Å². The summed E-state index contributed by atoms with van der Waals surface area (Å²) in [6.07, 6.45) is 12.8. The molecule has 3 aliphatic carbocycles. The van der Waals surface area contributed by atoms with Crippen LogP contribution in [0.2, 0.25) is 0 Å². The first-order valence-corrected chi connectivity index (χ1v) is 5.94.